The van der Waals surface area contributed by atoms with Crippen LogP contribution in [0.4, 0.5) is 30.7 Å². The molecule has 1 aromatic carbocycles. The zero-order chi connectivity index (χ0) is 30.3. The summed E-state index contributed by atoms with van der Waals surface area (Å²) in [7, 11) is 0. The number of carbonyl (C=O) groups is 1. The third-order valence-electron chi connectivity index (χ3n) is 7.33. The Balaban J connectivity index is 1.54. The van der Waals surface area contributed by atoms with Crippen LogP contribution in [-0.2, 0) is 16.9 Å². The van der Waals surface area contributed by atoms with Crippen LogP contribution in [0, 0.1) is 11.7 Å². The summed E-state index contributed by atoms with van der Waals surface area (Å²) < 4.78 is 104. The van der Waals surface area contributed by atoms with E-state index in [9.17, 15) is 35.9 Å². The van der Waals surface area contributed by atoms with E-state index in [1.54, 1.807) is 0 Å². The Bertz CT molecular complexity index is 1550. The van der Waals surface area contributed by atoms with Gasteiger partial charge in [-0.15, -0.1) is 0 Å². The summed E-state index contributed by atoms with van der Waals surface area (Å²) in [5.41, 5.74) is -6.22. The van der Waals surface area contributed by atoms with Gasteiger partial charge in [0.05, 0.1) is 12.3 Å². The van der Waals surface area contributed by atoms with Crippen LogP contribution in [0.5, 0.6) is 5.75 Å². The number of aromatic amines is 1. The van der Waals surface area contributed by atoms with E-state index in [1.165, 1.54) is 16.9 Å². The smallest absolute Gasteiger partial charge is 0.416 e. The van der Waals surface area contributed by atoms with Gasteiger partial charge in [0.1, 0.15) is 17.3 Å². The molecule has 0 bridgehead atoms. The molecule has 3 aromatic rings. The number of nitrogens with one attached hydrogen (secondary N) is 2. The molecule has 2 aliphatic rings. The number of H-pyrrole nitrogens is 1. The van der Waals surface area contributed by atoms with Crippen molar-refractivity contribution in [2.75, 3.05) is 6.61 Å². The SMILES string of the molecule is O=C1N[C@@](c2ccc(OCCCC(F)(F)F)cc2F)(C(F)(F)F)CC(c2ccn(CC3CCC3)n2)=C1n1nn[nH]c1=O. The minimum atomic E-state index is -5.27. The van der Waals surface area contributed by atoms with Gasteiger partial charge in [-0.25, -0.2) is 14.3 Å². The highest BCUT2D eigenvalue weighted by atomic mass is 19.4. The average Bonchev–Trinajstić information content (AvgIpc) is 3.51. The lowest BCUT2D eigenvalue weighted by atomic mass is 9.78. The molecule has 2 aromatic heterocycles. The summed E-state index contributed by atoms with van der Waals surface area (Å²) >= 11 is 0. The first-order chi connectivity index (χ1) is 19.8. The Morgan fingerprint density at radius 2 is 1.86 bits per heavy atom. The van der Waals surface area contributed by atoms with Crippen molar-refractivity contribution >= 4 is 17.2 Å². The zero-order valence-electron chi connectivity index (χ0n) is 21.7. The first kappa shape index (κ1) is 29.3. The van der Waals surface area contributed by atoms with Crippen molar-refractivity contribution in [3.63, 3.8) is 0 Å². The highest BCUT2D eigenvalue weighted by molar-refractivity contribution is 6.22. The predicted molar refractivity (Wildman–Crippen MR) is 131 cm³/mol. The monoisotopic (exact) mass is 603 g/mol. The second-order valence-corrected chi connectivity index (χ2v) is 10.2. The number of tetrazole rings is 1. The van der Waals surface area contributed by atoms with E-state index in [0.717, 1.165) is 31.4 Å². The standard InChI is InChI=1S/C25H24F7N7O3/c26-18-11-15(42-10-2-8-24(27,28)29)5-6-17(18)23(25(30,31)32)12-16(19-7-9-38(35-19)13-14-3-1-4-14)20(21(40)33-23)39-22(41)34-36-37-39/h5-7,9,11,14H,1-4,8,10,12-13H2,(H,33,40)(H,34,37,41)/t23-/m0/s1. The van der Waals surface area contributed by atoms with Crippen molar-refractivity contribution in [2.45, 2.75) is 63.0 Å². The Morgan fingerprint density at radius 3 is 2.45 bits per heavy atom. The molecule has 0 saturated heterocycles. The third kappa shape index (κ3) is 5.76. The number of carbonyl (C=O) groups excluding carboxylic acids is 1. The van der Waals surface area contributed by atoms with E-state index in [4.69, 9.17) is 4.74 Å². The van der Waals surface area contributed by atoms with E-state index in [2.05, 4.69) is 15.5 Å². The Kier molecular flexibility index (Phi) is 7.61. The highest BCUT2D eigenvalue weighted by Gasteiger charge is 2.61. The van der Waals surface area contributed by atoms with Gasteiger partial charge in [-0.1, -0.05) is 6.42 Å². The molecule has 10 nitrogen and oxygen atoms in total. The second kappa shape index (κ2) is 10.9. The fourth-order valence-corrected chi connectivity index (χ4v) is 5.01. The van der Waals surface area contributed by atoms with Crippen LogP contribution in [-0.4, -0.2) is 54.9 Å². The van der Waals surface area contributed by atoms with E-state index < -0.39 is 72.4 Å². The van der Waals surface area contributed by atoms with Crippen molar-refractivity contribution in [1.82, 2.24) is 35.3 Å². The van der Waals surface area contributed by atoms with Crippen molar-refractivity contribution in [2.24, 2.45) is 5.92 Å². The minimum Gasteiger partial charge on any atom is -0.493 e. The number of amides is 1. The van der Waals surface area contributed by atoms with Gasteiger partial charge in [-0.2, -0.15) is 36.1 Å². The molecular formula is C25H24F7N7O3. The molecule has 1 amide bonds. The Hall–Kier alpha value is -4.18. The molecular weight excluding hydrogens is 579 g/mol. The summed E-state index contributed by atoms with van der Waals surface area (Å²) in [6, 6.07) is 3.73. The van der Waals surface area contributed by atoms with Crippen LogP contribution >= 0.6 is 0 Å². The predicted octanol–water partition coefficient (Wildman–Crippen LogP) is 4.17. The lowest BCUT2D eigenvalue weighted by molar-refractivity contribution is -0.202. The molecule has 1 saturated carbocycles. The van der Waals surface area contributed by atoms with Gasteiger partial charge in [0.25, 0.3) is 5.91 Å². The number of ether oxygens (including phenoxy) is 1. The molecule has 0 spiro atoms. The van der Waals surface area contributed by atoms with Gasteiger partial charge in [0.2, 0.25) is 0 Å². The second-order valence-electron chi connectivity index (χ2n) is 10.2. The summed E-state index contributed by atoms with van der Waals surface area (Å²) in [6.45, 7) is 0.0495. The zero-order valence-corrected chi connectivity index (χ0v) is 21.7. The number of benzene rings is 1. The third-order valence-corrected chi connectivity index (χ3v) is 7.33. The summed E-state index contributed by atoms with van der Waals surface area (Å²) in [4.78, 5) is 25.7. The van der Waals surface area contributed by atoms with Crippen LogP contribution in [0.25, 0.3) is 11.3 Å². The van der Waals surface area contributed by atoms with E-state index >= 15 is 4.39 Å². The van der Waals surface area contributed by atoms with Gasteiger partial charge in [-0.3, -0.25) is 9.48 Å². The molecule has 1 aliphatic heterocycles. The molecule has 1 aliphatic carbocycles. The largest absolute Gasteiger partial charge is 0.493 e. The van der Waals surface area contributed by atoms with Gasteiger partial charge >= 0.3 is 18.0 Å². The topological polar surface area (TPSA) is 120 Å². The molecule has 17 heteroatoms. The van der Waals surface area contributed by atoms with Gasteiger partial charge < -0.3 is 10.1 Å². The lowest BCUT2D eigenvalue weighted by Gasteiger charge is -2.41. The molecule has 1 atom stereocenters. The maximum absolute atomic E-state index is 15.4. The maximum atomic E-state index is 15.4. The first-order valence-electron chi connectivity index (χ1n) is 12.9. The normalized spacial score (nSPS) is 20.0. The number of aromatic nitrogens is 6. The minimum absolute atomic E-state index is 0.0484. The van der Waals surface area contributed by atoms with E-state index in [1.807, 2.05) is 10.4 Å². The molecule has 3 heterocycles. The first-order valence-corrected chi connectivity index (χ1v) is 12.9. The number of hydrogen-bond acceptors (Lipinski definition) is 6. The Labute approximate surface area is 232 Å². The number of alkyl halides is 6. The van der Waals surface area contributed by atoms with E-state index in [-0.39, 0.29) is 17.0 Å². The fourth-order valence-electron chi connectivity index (χ4n) is 5.01. The molecule has 0 radical (unpaired) electrons. The van der Waals surface area contributed by atoms with Crippen LogP contribution in [0.3, 0.4) is 0 Å². The van der Waals surface area contributed by atoms with Crippen LogP contribution < -0.4 is 15.7 Å². The molecule has 0 unspecified atom stereocenters. The number of nitrogens with zero attached hydrogens (tertiary/aromatic N) is 5. The number of hydrogen-bond donors (Lipinski definition) is 2. The molecule has 2 N–H and O–H groups in total. The van der Waals surface area contributed by atoms with Crippen LogP contribution in [0.2, 0.25) is 0 Å². The maximum Gasteiger partial charge on any atom is 0.416 e. The highest BCUT2D eigenvalue weighted by Crippen LogP contribution is 2.49. The molecule has 1 fully saturated rings. The van der Waals surface area contributed by atoms with Crippen molar-refractivity contribution in [3.8, 4) is 5.75 Å². The van der Waals surface area contributed by atoms with Crippen molar-refractivity contribution in [1.29, 1.82) is 0 Å². The van der Waals surface area contributed by atoms with Crippen LogP contribution in [0.1, 0.15) is 49.8 Å². The number of halogens is 7. The molecule has 226 valence electrons. The Morgan fingerprint density at radius 1 is 1.10 bits per heavy atom. The van der Waals surface area contributed by atoms with Gasteiger partial charge in [0.15, 0.2) is 5.54 Å². The fraction of sp³-hybridized carbons (Fsp3) is 0.480. The quantitative estimate of drug-likeness (QED) is 0.280. The van der Waals surface area contributed by atoms with Crippen molar-refractivity contribution < 1.29 is 40.3 Å². The lowest BCUT2D eigenvalue weighted by Crippen LogP contribution is -2.59. The molecule has 42 heavy (non-hydrogen) atoms. The summed E-state index contributed by atoms with van der Waals surface area (Å²) in [6.07, 6.45) is -7.82. The summed E-state index contributed by atoms with van der Waals surface area (Å²) in [5.74, 6) is -2.75. The van der Waals surface area contributed by atoms with Gasteiger partial charge in [0, 0.05) is 42.8 Å². The van der Waals surface area contributed by atoms with Crippen LogP contribution in [0.15, 0.2) is 35.3 Å². The summed E-state index contributed by atoms with van der Waals surface area (Å²) in [5, 5.41) is 15.0. The molecule has 5 rings (SSSR count). The van der Waals surface area contributed by atoms with Gasteiger partial charge in [-0.05, 0) is 53.8 Å². The van der Waals surface area contributed by atoms with Crippen molar-refractivity contribution in [3.05, 3.63) is 58.0 Å². The van der Waals surface area contributed by atoms with E-state index in [0.29, 0.717) is 23.2 Å². The number of rotatable bonds is 9. The average molecular weight is 603 g/mol.